The van der Waals surface area contributed by atoms with E-state index in [-0.39, 0.29) is 10.6 Å². The summed E-state index contributed by atoms with van der Waals surface area (Å²) in [5.74, 6) is 1.31. The third kappa shape index (κ3) is 2.71. The van der Waals surface area contributed by atoms with Crippen LogP contribution in [0.5, 0.6) is 5.75 Å². The van der Waals surface area contributed by atoms with Crippen molar-refractivity contribution in [3.05, 3.63) is 34.8 Å². The van der Waals surface area contributed by atoms with Gasteiger partial charge in [-0.1, -0.05) is 0 Å². The summed E-state index contributed by atoms with van der Waals surface area (Å²) in [6.45, 7) is 0. The van der Waals surface area contributed by atoms with Gasteiger partial charge in [-0.2, -0.15) is 15.0 Å². The molecule has 6 heteroatoms. The fraction of sp³-hybridized carbons (Fsp3) is 0.250. The third-order valence-corrected chi connectivity index (χ3v) is 2.86. The molecule has 0 unspecified atom stereocenters. The molecule has 1 saturated carbocycles. The Labute approximate surface area is 114 Å². The van der Waals surface area contributed by atoms with Crippen LogP contribution >= 0.6 is 23.2 Å². The van der Waals surface area contributed by atoms with E-state index in [9.17, 15) is 0 Å². The summed E-state index contributed by atoms with van der Waals surface area (Å²) < 4.78 is 5.66. The summed E-state index contributed by atoms with van der Waals surface area (Å²) in [5.41, 5.74) is 0.823. The smallest absolute Gasteiger partial charge is 0.227 e. The number of hydrogen-bond donors (Lipinski definition) is 0. The summed E-state index contributed by atoms with van der Waals surface area (Å²) >= 11 is 11.5. The lowest BCUT2D eigenvalue weighted by atomic mass is 10.2. The number of benzene rings is 1. The molecule has 1 aromatic heterocycles. The minimum Gasteiger partial charge on any atom is -0.490 e. The van der Waals surface area contributed by atoms with Crippen LogP contribution in [-0.4, -0.2) is 21.1 Å². The second-order valence-electron chi connectivity index (χ2n) is 4.04. The molecule has 0 radical (unpaired) electrons. The van der Waals surface area contributed by atoms with Gasteiger partial charge in [0.25, 0.3) is 0 Å². The Balaban J connectivity index is 1.86. The van der Waals surface area contributed by atoms with Gasteiger partial charge >= 0.3 is 0 Å². The maximum atomic E-state index is 5.74. The average molecular weight is 282 g/mol. The van der Waals surface area contributed by atoms with Crippen LogP contribution in [0.4, 0.5) is 0 Å². The molecule has 4 nitrogen and oxygen atoms in total. The fourth-order valence-electron chi connectivity index (χ4n) is 1.52. The van der Waals surface area contributed by atoms with E-state index in [0.717, 1.165) is 24.2 Å². The van der Waals surface area contributed by atoms with E-state index in [4.69, 9.17) is 27.9 Å². The van der Waals surface area contributed by atoms with Gasteiger partial charge in [0.1, 0.15) is 5.75 Å². The highest BCUT2D eigenvalue weighted by molar-refractivity contribution is 6.31. The molecule has 1 aliphatic rings. The van der Waals surface area contributed by atoms with E-state index in [2.05, 4.69) is 15.0 Å². The molecule has 0 saturated heterocycles. The molecule has 1 fully saturated rings. The van der Waals surface area contributed by atoms with Gasteiger partial charge in [-0.05, 0) is 60.3 Å². The summed E-state index contributed by atoms with van der Waals surface area (Å²) in [6.07, 6.45) is 2.66. The Hall–Kier alpha value is -1.39. The van der Waals surface area contributed by atoms with Crippen LogP contribution in [0.25, 0.3) is 11.4 Å². The minimum atomic E-state index is 0.0864. The highest BCUT2D eigenvalue weighted by atomic mass is 35.5. The first-order valence-electron chi connectivity index (χ1n) is 5.55. The zero-order valence-electron chi connectivity index (χ0n) is 9.31. The molecule has 1 aromatic carbocycles. The summed E-state index contributed by atoms with van der Waals surface area (Å²) in [4.78, 5) is 11.8. The third-order valence-electron chi connectivity index (χ3n) is 2.52. The lowest BCUT2D eigenvalue weighted by molar-refractivity contribution is 0.303. The summed E-state index contributed by atoms with van der Waals surface area (Å²) in [6, 6.07) is 7.53. The van der Waals surface area contributed by atoms with Crippen LogP contribution in [0.1, 0.15) is 12.8 Å². The lowest BCUT2D eigenvalue weighted by Gasteiger charge is -2.05. The quantitative estimate of drug-likeness (QED) is 0.865. The minimum absolute atomic E-state index is 0.0864. The molecule has 0 aliphatic heterocycles. The number of rotatable bonds is 3. The average Bonchev–Trinajstić information content (AvgIpc) is 3.12. The van der Waals surface area contributed by atoms with Crippen molar-refractivity contribution in [2.24, 2.45) is 0 Å². The Morgan fingerprint density at radius 1 is 0.944 bits per heavy atom. The predicted octanol–water partition coefficient (Wildman–Crippen LogP) is 3.39. The molecule has 0 atom stereocenters. The van der Waals surface area contributed by atoms with Crippen molar-refractivity contribution in [1.29, 1.82) is 0 Å². The van der Waals surface area contributed by atoms with Gasteiger partial charge in [0, 0.05) is 5.56 Å². The Morgan fingerprint density at radius 3 is 2.11 bits per heavy atom. The molecule has 0 bridgehead atoms. The Morgan fingerprint density at radius 2 is 1.56 bits per heavy atom. The number of halogens is 2. The second-order valence-corrected chi connectivity index (χ2v) is 4.71. The molecule has 2 aromatic rings. The number of nitrogens with zero attached hydrogens (tertiary/aromatic N) is 3. The molecule has 1 aliphatic carbocycles. The van der Waals surface area contributed by atoms with E-state index in [1.807, 2.05) is 24.3 Å². The normalized spacial score (nSPS) is 14.6. The van der Waals surface area contributed by atoms with E-state index in [1.54, 1.807) is 0 Å². The van der Waals surface area contributed by atoms with Gasteiger partial charge in [0.2, 0.25) is 10.6 Å². The van der Waals surface area contributed by atoms with Crippen LogP contribution < -0.4 is 4.74 Å². The van der Waals surface area contributed by atoms with Crippen molar-refractivity contribution in [3.8, 4) is 17.1 Å². The van der Waals surface area contributed by atoms with Gasteiger partial charge in [0.05, 0.1) is 6.10 Å². The van der Waals surface area contributed by atoms with Gasteiger partial charge in [-0.25, -0.2) is 0 Å². The molecule has 18 heavy (non-hydrogen) atoms. The predicted molar refractivity (Wildman–Crippen MR) is 68.9 cm³/mol. The summed E-state index contributed by atoms with van der Waals surface area (Å²) in [5, 5.41) is 0.173. The first-order valence-corrected chi connectivity index (χ1v) is 6.30. The van der Waals surface area contributed by atoms with Crippen molar-refractivity contribution in [3.63, 3.8) is 0 Å². The zero-order chi connectivity index (χ0) is 12.5. The molecule has 0 spiro atoms. The topological polar surface area (TPSA) is 47.9 Å². The largest absolute Gasteiger partial charge is 0.490 e. The van der Waals surface area contributed by atoms with Crippen molar-refractivity contribution >= 4 is 23.2 Å². The monoisotopic (exact) mass is 281 g/mol. The maximum absolute atomic E-state index is 5.74. The molecule has 0 amide bonds. The van der Waals surface area contributed by atoms with Crippen molar-refractivity contribution in [2.45, 2.75) is 18.9 Å². The Bertz CT molecular complexity index is 550. The molecule has 1 heterocycles. The van der Waals surface area contributed by atoms with Crippen LogP contribution in [0, 0.1) is 0 Å². The van der Waals surface area contributed by atoms with Gasteiger partial charge in [-0.3, -0.25) is 0 Å². The molecule has 0 N–H and O–H groups in total. The van der Waals surface area contributed by atoms with Crippen molar-refractivity contribution < 1.29 is 4.74 Å². The molecule has 3 rings (SSSR count). The SMILES string of the molecule is Clc1nc(Cl)nc(-c2ccc(OC3CC3)cc2)n1. The molecule has 92 valence electrons. The van der Waals surface area contributed by atoms with E-state index in [0.29, 0.717) is 11.9 Å². The van der Waals surface area contributed by atoms with E-state index < -0.39 is 0 Å². The van der Waals surface area contributed by atoms with E-state index >= 15 is 0 Å². The number of ether oxygens (including phenoxy) is 1. The highest BCUT2D eigenvalue weighted by Gasteiger charge is 2.23. The number of hydrogen-bond acceptors (Lipinski definition) is 4. The fourth-order valence-corrected chi connectivity index (χ4v) is 1.88. The highest BCUT2D eigenvalue weighted by Crippen LogP contribution is 2.28. The zero-order valence-corrected chi connectivity index (χ0v) is 10.8. The van der Waals surface area contributed by atoms with Crippen molar-refractivity contribution in [2.75, 3.05) is 0 Å². The number of aromatic nitrogens is 3. The maximum Gasteiger partial charge on any atom is 0.227 e. The molecular weight excluding hydrogens is 273 g/mol. The first kappa shape index (κ1) is 11.7. The Kier molecular flexibility index (Phi) is 3.06. The van der Waals surface area contributed by atoms with E-state index in [1.165, 1.54) is 0 Å². The van der Waals surface area contributed by atoms with Crippen LogP contribution in [0.2, 0.25) is 10.6 Å². The standard InChI is InChI=1S/C12H9Cl2N3O/c13-11-15-10(16-12(14)17-11)7-1-3-8(4-2-7)18-9-5-6-9/h1-4,9H,5-6H2. The summed E-state index contributed by atoms with van der Waals surface area (Å²) in [7, 11) is 0. The van der Waals surface area contributed by atoms with Crippen LogP contribution in [-0.2, 0) is 0 Å². The van der Waals surface area contributed by atoms with Gasteiger partial charge in [-0.15, -0.1) is 0 Å². The second kappa shape index (κ2) is 4.71. The lowest BCUT2D eigenvalue weighted by Crippen LogP contribution is -1.96. The van der Waals surface area contributed by atoms with Gasteiger partial charge < -0.3 is 4.74 Å². The van der Waals surface area contributed by atoms with Crippen molar-refractivity contribution in [1.82, 2.24) is 15.0 Å². The van der Waals surface area contributed by atoms with Gasteiger partial charge in [0.15, 0.2) is 5.82 Å². The van der Waals surface area contributed by atoms with Crippen LogP contribution in [0.15, 0.2) is 24.3 Å². The first-order chi connectivity index (χ1) is 8.70. The van der Waals surface area contributed by atoms with Crippen LogP contribution in [0.3, 0.4) is 0 Å². The molecular formula is C12H9Cl2N3O.